The molecule has 2 N–H and O–H groups in total. The molecule has 4 atom stereocenters. The summed E-state index contributed by atoms with van der Waals surface area (Å²) in [6, 6.07) is 16.8. The molecule has 0 saturated carbocycles. The number of likely N-dealkylation sites (N-methyl/N-ethyl adjacent to an activating group) is 1. The van der Waals surface area contributed by atoms with Crippen molar-refractivity contribution in [3.05, 3.63) is 113 Å². The fourth-order valence-electron chi connectivity index (χ4n) is 8.62. The molecular weight excluding hydrogens is 705 g/mol. The number of benzene rings is 2. The zero-order valence-electron chi connectivity index (χ0n) is 31.7. The van der Waals surface area contributed by atoms with E-state index in [1.54, 1.807) is 11.3 Å². The van der Waals surface area contributed by atoms with Gasteiger partial charge in [0.1, 0.15) is 11.6 Å². The van der Waals surface area contributed by atoms with Gasteiger partial charge in [0, 0.05) is 30.8 Å². The molecule has 5 heterocycles. The van der Waals surface area contributed by atoms with Gasteiger partial charge in [0.05, 0.1) is 53.1 Å². The molecule has 2 aromatic carbocycles. The third-order valence-corrected chi connectivity index (χ3v) is 12.2. The van der Waals surface area contributed by atoms with Crippen molar-refractivity contribution < 1.29 is 9.59 Å². The van der Waals surface area contributed by atoms with Gasteiger partial charge in [-0.25, -0.2) is 15.0 Å². The number of amides is 2. The highest BCUT2D eigenvalue weighted by molar-refractivity contribution is 7.07. The Labute approximate surface area is 327 Å². The Morgan fingerprint density at radius 2 is 1.38 bits per heavy atom. The largest absolute Gasteiger partial charge is 0.340 e. The van der Waals surface area contributed by atoms with E-state index in [0.29, 0.717) is 12.8 Å². The SMILES string of the molecule is CCN(CC)[C@@H](C(=O)N1CCC[C@H]1c1ncc(-c2ccc(-c3ccc(-c4cnc([C@@H]5CCCN5C(=O)CCc5cscn5)[nH]4)cc3)cc2)[nH]1)C1C=CC=CC1. The number of aromatic nitrogens is 5. The molecule has 10 nitrogen and oxygen atoms in total. The van der Waals surface area contributed by atoms with Crippen LogP contribution in [-0.4, -0.2) is 83.7 Å². The molecule has 55 heavy (non-hydrogen) atoms. The van der Waals surface area contributed by atoms with Crippen molar-refractivity contribution in [1.29, 1.82) is 0 Å². The predicted molar refractivity (Wildman–Crippen MR) is 218 cm³/mol. The van der Waals surface area contributed by atoms with Crippen molar-refractivity contribution in [3.63, 3.8) is 0 Å². The minimum Gasteiger partial charge on any atom is -0.340 e. The minimum atomic E-state index is -0.172. The van der Waals surface area contributed by atoms with E-state index in [4.69, 9.17) is 9.97 Å². The molecule has 3 aliphatic rings. The Morgan fingerprint density at radius 1 is 0.800 bits per heavy atom. The summed E-state index contributed by atoms with van der Waals surface area (Å²) in [6.07, 6.45) is 18.1. The average molecular weight is 755 g/mol. The molecule has 2 saturated heterocycles. The summed E-state index contributed by atoms with van der Waals surface area (Å²) in [5.41, 5.74) is 9.05. The maximum absolute atomic E-state index is 14.2. The van der Waals surface area contributed by atoms with Crippen molar-refractivity contribution in [3.8, 4) is 33.6 Å². The fraction of sp³-hybridized carbons (Fsp3) is 0.386. The number of hydrogen-bond donors (Lipinski definition) is 2. The number of likely N-dealkylation sites (tertiary alicyclic amines) is 2. The van der Waals surface area contributed by atoms with E-state index in [1.165, 1.54) is 0 Å². The molecule has 0 radical (unpaired) electrons. The fourth-order valence-corrected chi connectivity index (χ4v) is 9.22. The highest BCUT2D eigenvalue weighted by Gasteiger charge is 2.40. The van der Waals surface area contributed by atoms with Gasteiger partial charge in [0.15, 0.2) is 0 Å². The van der Waals surface area contributed by atoms with Crippen LogP contribution in [0, 0.1) is 5.92 Å². The summed E-state index contributed by atoms with van der Waals surface area (Å²) in [5.74, 6) is 2.26. The Kier molecular flexibility index (Phi) is 11.2. The predicted octanol–water partition coefficient (Wildman–Crippen LogP) is 8.39. The lowest BCUT2D eigenvalue weighted by atomic mass is 9.90. The maximum atomic E-state index is 14.2. The summed E-state index contributed by atoms with van der Waals surface area (Å²) < 4.78 is 0. The van der Waals surface area contributed by atoms with Gasteiger partial charge < -0.3 is 19.8 Å². The number of H-pyrrole nitrogens is 2. The van der Waals surface area contributed by atoms with Gasteiger partial charge in [-0.3, -0.25) is 14.5 Å². The van der Waals surface area contributed by atoms with Gasteiger partial charge in [0.2, 0.25) is 11.8 Å². The molecule has 1 unspecified atom stereocenters. The molecule has 3 aromatic heterocycles. The molecule has 2 fully saturated rings. The number of thiazole rings is 1. The van der Waals surface area contributed by atoms with Gasteiger partial charge in [-0.2, -0.15) is 0 Å². The van der Waals surface area contributed by atoms with Crippen LogP contribution in [0.3, 0.4) is 0 Å². The molecule has 11 heteroatoms. The monoisotopic (exact) mass is 754 g/mol. The van der Waals surface area contributed by atoms with Gasteiger partial charge in [-0.1, -0.05) is 86.7 Å². The Morgan fingerprint density at radius 3 is 1.93 bits per heavy atom. The zero-order valence-corrected chi connectivity index (χ0v) is 32.5. The van der Waals surface area contributed by atoms with E-state index in [-0.39, 0.29) is 35.9 Å². The van der Waals surface area contributed by atoms with Crippen LogP contribution in [0.2, 0.25) is 0 Å². The molecule has 2 aliphatic heterocycles. The van der Waals surface area contributed by atoms with E-state index >= 15 is 0 Å². The summed E-state index contributed by atoms with van der Waals surface area (Å²) >= 11 is 1.56. The normalized spacial score (nSPS) is 20.2. The average Bonchev–Trinajstić information content (AvgIpc) is 4.09. The van der Waals surface area contributed by atoms with Crippen LogP contribution in [0.1, 0.15) is 81.8 Å². The summed E-state index contributed by atoms with van der Waals surface area (Å²) in [5, 5.41) is 2.01. The van der Waals surface area contributed by atoms with Crippen molar-refractivity contribution >= 4 is 23.2 Å². The van der Waals surface area contributed by atoms with Crippen molar-refractivity contribution in [2.75, 3.05) is 26.2 Å². The van der Waals surface area contributed by atoms with E-state index in [0.717, 1.165) is 109 Å². The Balaban J connectivity index is 0.911. The molecule has 2 amide bonds. The van der Waals surface area contributed by atoms with Crippen LogP contribution in [-0.2, 0) is 16.0 Å². The smallest absolute Gasteiger partial charge is 0.241 e. The molecule has 0 spiro atoms. The van der Waals surface area contributed by atoms with Crippen molar-refractivity contribution in [1.82, 2.24) is 39.6 Å². The Bertz CT molecular complexity index is 2110. The number of hydrogen-bond acceptors (Lipinski definition) is 7. The quantitative estimate of drug-likeness (QED) is 0.125. The van der Waals surface area contributed by atoms with Crippen LogP contribution >= 0.6 is 11.3 Å². The van der Waals surface area contributed by atoms with Crippen molar-refractivity contribution in [2.45, 2.75) is 76.9 Å². The van der Waals surface area contributed by atoms with Gasteiger partial charge in [-0.15, -0.1) is 11.3 Å². The molecule has 5 aromatic rings. The first kappa shape index (κ1) is 36.8. The van der Waals surface area contributed by atoms with Gasteiger partial charge in [0.25, 0.3) is 0 Å². The van der Waals surface area contributed by atoms with Gasteiger partial charge >= 0.3 is 0 Å². The van der Waals surface area contributed by atoms with E-state index in [9.17, 15) is 9.59 Å². The molecule has 1 aliphatic carbocycles. The summed E-state index contributed by atoms with van der Waals surface area (Å²) in [6.45, 7) is 7.50. The number of carbonyl (C=O) groups is 2. The summed E-state index contributed by atoms with van der Waals surface area (Å²) in [4.78, 5) is 54.7. The highest BCUT2D eigenvalue weighted by atomic mass is 32.1. The van der Waals surface area contributed by atoms with E-state index in [2.05, 4.69) is 111 Å². The number of aryl methyl sites for hydroxylation is 1. The van der Waals surface area contributed by atoms with Crippen LogP contribution in [0.4, 0.5) is 0 Å². The lowest BCUT2D eigenvalue weighted by Crippen LogP contribution is -2.52. The first-order valence-electron chi connectivity index (χ1n) is 19.9. The van der Waals surface area contributed by atoms with Crippen molar-refractivity contribution in [2.24, 2.45) is 5.92 Å². The second-order valence-corrected chi connectivity index (χ2v) is 15.5. The lowest BCUT2D eigenvalue weighted by Gasteiger charge is -2.37. The Hall–Kier alpha value is -5.13. The number of aromatic amines is 2. The highest BCUT2D eigenvalue weighted by Crippen LogP contribution is 2.36. The number of rotatable bonds is 13. The number of imidazole rings is 2. The van der Waals surface area contributed by atoms with Gasteiger partial charge in [-0.05, 0) is 73.9 Å². The van der Waals surface area contributed by atoms with Crippen LogP contribution in [0.25, 0.3) is 33.6 Å². The lowest BCUT2D eigenvalue weighted by molar-refractivity contribution is -0.139. The zero-order chi connectivity index (χ0) is 37.7. The number of nitrogens with zero attached hydrogens (tertiary/aromatic N) is 6. The third-order valence-electron chi connectivity index (χ3n) is 11.6. The molecule has 284 valence electrons. The standard InChI is InChI=1S/C44H50N8O2S/c1-3-50(4-2)41(34-10-6-5-7-11-34)44(54)52-25-9-13-39(52)43-46-27-37(49-43)33-20-16-31(17-21-33)30-14-18-32(19-15-30)36-26-45-42(48-36)38-12-8-24-51(38)40(53)23-22-35-28-55-29-47-35/h5-7,10,14-21,26-29,34,38-39,41H,3-4,8-9,11-13,22-25H2,1-2H3,(H,45,48)(H,46,49)/t34?,38-,39-,41+/m0/s1. The van der Waals surface area contributed by atoms with E-state index < -0.39 is 0 Å². The van der Waals surface area contributed by atoms with Crippen LogP contribution in [0.15, 0.2) is 96.1 Å². The topological polar surface area (TPSA) is 114 Å². The van der Waals surface area contributed by atoms with Crippen LogP contribution < -0.4 is 0 Å². The number of carbonyl (C=O) groups excluding carboxylic acids is 2. The molecule has 8 rings (SSSR count). The number of nitrogens with one attached hydrogen (secondary N) is 2. The number of allylic oxidation sites excluding steroid dienone is 3. The second-order valence-electron chi connectivity index (χ2n) is 14.8. The first-order valence-corrected chi connectivity index (χ1v) is 20.8. The first-order chi connectivity index (χ1) is 27.0. The third kappa shape index (κ3) is 7.86. The molecule has 0 bridgehead atoms. The van der Waals surface area contributed by atoms with Crippen LogP contribution in [0.5, 0.6) is 0 Å². The summed E-state index contributed by atoms with van der Waals surface area (Å²) in [7, 11) is 0. The van der Waals surface area contributed by atoms with E-state index in [1.807, 2.05) is 28.2 Å². The maximum Gasteiger partial charge on any atom is 0.241 e. The molecular formula is C44H50N8O2S. The minimum absolute atomic E-state index is 0.0216. The second kappa shape index (κ2) is 16.7.